The molecule has 0 aliphatic carbocycles. The van der Waals surface area contributed by atoms with E-state index in [2.05, 4.69) is 4.98 Å². The monoisotopic (exact) mass is 349 g/mol. The highest BCUT2D eigenvalue weighted by atomic mass is 35.5. The average molecular weight is 350 g/mol. The molecule has 0 spiro atoms. The smallest absolute Gasteiger partial charge is 0.256 e. The number of carbonyl (C=O) groups is 1. The largest absolute Gasteiger partial charge is 0.382 e. The van der Waals surface area contributed by atoms with Crippen LogP contribution in [0.5, 0.6) is 0 Å². The summed E-state index contributed by atoms with van der Waals surface area (Å²) in [6.07, 6.45) is 1.32. The molecule has 1 unspecified atom stereocenters. The highest BCUT2D eigenvalue weighted by Gasteiger charge is 2.36. The number of anilines is 1. The Morgan fingerprint density at radius 3 is 2.95 bits per heavy atom. The Hall–Kier alpha value is -0.990. The number of nitrogens with two attached hydrogens (primary N) is 1. The summed E-state index contributed by atoms with van der Waals surface area (Å²) >= 11 is 7.40. The van der Waals surface area contributed by atoms with Crippen molar-refractivity contribution in [2.45, 2.75) is 12.3 Å². The van der Waals surface area contributed by atoms with Crippen molar-refractivity contribution in [1.82, 2.24) is 9.88 Å². The molecule has 1 aromatic heterocycles. The van der Waals surface area contributed by atoms with E-state index in [0.29, 0.717) is 18.1 Å². The molecule has 1 atom stereocenters. The van der Waals surface area contributed by atoms with Crippen LogP contribution in [-0.2, 0) is 9.84 Å². The number of amides is 1. The van der Waals surface area contributed by atoms with Crippen molar-refractivity contribution in [1.29, 1.82) is 0 Å². The lowest BCUT2D eigenvalue weighted by atomic mass is 10.2. The molecule has 1 fully saturated rings. The van der Waals surface area contributed by atoms with Gasteiger partial charge in [0, 0.05) is 30.0 Å². The summed E-state index contributed by atoms with van der Waals surface area (Å²) in [4.78, 5) is 17.8. The molecule has 0 aromatic carbocycles. The topological polar surface area (TPSA) is 93.4 Å². The van der Waals surface area contributed by atoms with Gasteiger partial charge in [0.15, 0.2) is 9.84 Å². The second-order valence-electron chi connectivity index (χ2n) is 4.57. The summed E-state index contributed by atoms with van der Waals surface area (Å²) in [5.41, 5.74) is 5.77. The molecule has 1 aliphatic rings. The Morgan fingerprint density at radius 2 is 2.33 bits per heavy atom. The lowest BCUT2D eigenvalue weighted by Gasteiger charge is -2.34. The number of hydrogen-bond acceptors (Lipinski definition) is 6. The van der Waals surface area contributed by atoms with Gasteiger partial charge in [-0.05, 0) is 6.07 Å². The first-order valence-electron chi connectivity index (χ1n) is 6.38. The van der Waals surface area contributed by atoms with Crippen molar-refractivity contribution in [2.75, 3.05) is 29.5 Å². The molecule has 9 heteroatoms. The molecule has 0 saturated carbocycles. The van der Waals surface area contributed by atoms with Crippen LogP contribution >= 0.6 is 23.4 Å². The van der Waals surface area contributed by atoms with E-state index in [-0.39, 0.29) is 28.1 Å². The molecule has 1 saturated heterocycles. The van der Waals surface area contributed by atoms with Gasteiger partial charge in [-0.1, -0.05) is 18.5 Å². The van der Waals surface area contributed by atoms with Gasteiger partial charge >= 0.3 is 0 Å². The molecule has 116 valence electrons. The molecule has 1 aromatic rings. The molecule has 1 amide bonds. The number of pyridine rings is 1. The van der Waals surface area contributed by atoms with Crippen molar-refractivity contribution in [2.24, 2.45) is 0 Å². The molecule has 21 heavy (non-hydrogen) atoms. The van der Waals surface area contributed by atoms with Crippen molar-refractivity contribution in [3.63, 3.8) is 0 Å². The molecular formula is C12H16ClN3O3S2. The SMILES string of the molecule is CCS(=O)(=O)C1CSCCN1C(=O)c1cnc(N)c(Cl)c1. The molecular weight excluding hydrogens is 334 g/mol. The Kier molecular flexibility index (Phi) is 5.00. The summed E-state index contributed by atoms with van der Waals surface area (Å²) in [6, 6.07) is 1.42. The van der Waals surface area contributed by atoms with Crippen LogP contribution < -0.4 is 5.73 Å². The van der Waals surface area contributed by atoms with Crippen molar-refractivity contribution in [3.05, 3.63) is 22.8 Å². The van der Waals surface area contributed by atoms with Gasteiger partial charge in [0.1, 0.15) is 11.2 Å². The number of sulfone groups is 1. The van der Waals surface area contributed by atoms with Gasteiger partial charge in [-0.25, -0.2) is 13.4 Å². The summed E-state index contributed by atoms with van der Waals surface area (Å²) in [6.45, 7) is 1.97. The quantitative estimate of drug-likeness (QED) is 0.883. The lowest BCUT2D eigenvalue weighted by Crippen LogP contribution is -2.50. The highest BCUT2D eigenvalue weighted by molar-refractivity contribution is 8.01. The number of carbonyl (C=O) groups excluding carboxylic acids is 1. The van der Waals surface area contributed by atoms with Crippen molar-refractivity contribution in [3.8, 4) is 0 Å². The Morgan fingerprint density at radius 1 is 1.62 bits per heavy atom. The van der Waals surface area contributed by atoms with Crippen LogP contribution in [0, 0.1) is 0 Å². The Bertz CT molecular complexity index is 651. The minimum atomic E-state index is -3.34. The minimum absolute atomic E-state index is 0.00273. The van der Waals surface area contributed by atoms with E-state index in [9.17, 15) is 13.2 Å². The zero-order chi connectivity index (χ0) is 15.6. The van der Waals surface area contributed by atoms with Crippen LogP contribution in [0.25, 0.3) is 0 Å². The van der Waals surface area contributed by atoms with E-state index in [1.807, 2.05) is 0 Å². The Balaban J connectivity index is 2.33. The normalized spacial score (nSPS) is 19.5. The van der Waals surface area contributed by atoms with Gasteiger partial charge in [0.25, 0.3) is 5.91 Å². The highest BCUT2D eigenvalue weighted by Crippen LogP contribution is 2.25. The summed E-state index contributed by atoms with van der Waals surface area (Å²) in [5, 5.41) is -0.618. The van der Waals surface area contributed by atoms with Crippen molar-refractivity contribution >= 4 is 44.9 Å². The fourth-order valence-electron chi connectivity index (χ4n) is 2.03. The van der Waals surface area contributed by atoms with E-state index in [1.165, 1.54) is 28.9 Å². The molecule has 6 nitrogen and oxygen atoms in total. The number of nitrogen functional groups attached to an aromatic ring is 1. The third-order valence-electron chi connectivity index (χ3n) is 3.28. The van der Waals surface area contributed by atoms with Gasteiger partial charge in [0.2, 0.25) is 0 Å². The minimum Gasteiger partial charge on any atom is -0.382 e. The van der Waals surface area contributed by atoms with Crippen LogP contribution in [-0.4, -0.2) is 53.4 Å². The molecule has 2 N–H and O–H groups in total. The van der Waals surface area contributed by atoms with Crippen molar-refractivity contribution < 1.29 is 13.2 Å². The maximum atomic E-state index is 12.5. The number of thioether (sulfide) groups is 1. The van der Waals surface area contributed by atoms with Crippen LogP contribution in [0.2, 0.25) is 5.02 Å². The second kappa shape index (κ2) is 6.41. The molecule has 0 radical (unpaired) electrons. The molecule has 2 rings (SSSR count). The van der Waals surface area contributed by atoms with E-state index in [0.717, 1.165) is 0 Å². The Labute approximate surface area is 133 Å². The summed E-state index contributed by atoms with van der Waals surface area (Å²) < 4.78 is 24.3. The molecule has 2 heterocycles. The number of halogens is 1. The van der Waals surface area contributed by atoms with E-state index >= 15 is 0 Å². The number of rotatable bonds is 3. The predicted octanol–water partition coefficient (Wildman–Crippen LogP) is 1.27. The number of aromatic nitrogens is 1. The van der Waals surface area contributed by atoms with Crippen LogP contribution in [0.1, 0.15) is 17.3 Å². The standard InChI is InChI=1S/C12H16ClN3O3S2/c1-2-21(18,19)10-7-20-4-3-16(10)12(17)8-5-9(13)11(14)15-6-8/h5-6,10H,2-4,7H2,1H3,(H2,14,15). The average Bonchev–Trinajstić information content (AvgIpc) is 2.49. The predicted molar refractivity (Wildman–Crippen MR) is 85.3 cm³/mol. The maximum Gasteiger partial charge on any atom is 0.256 e. The van der Waals surface area contributed by atoms with Gasteiger partial charge in [0.05, 0.1) is 10.6 Å². The molecule has 0 bridgehead atoms. The van der Waals surface area contributed by atoms with E-state index < -0.39 is 15.2 Å². The first-order valence-corrected chi connectivity index (χ1v) is 9.63. The lowest BCUT2D eigenvalue weighted by molar-refractivity contribution is 0.0749. The van der Waals surface area contributed by atoms with Gasteiger partial charge in [-0.2, -0.15) is 11.8 Å². The first kappa shape index (κ1) is 16.4. The fourth-order valence-corrected chi connectivity index (χ4v) is 5.17. The van der Waals surface area contributed by atoms with E-state index in [1.54, 1.807) is 6.92 Å². The number of nitrogens with zero attached hydrogens (tertiary/aromatic N) is 2. The van der Waals surface area contributed by atoms with Gasteiger partial charge in [-0.3, -0.25) is 4.79 Å². The zero-order valence-electron chi connectivity index (χ0n) is 11.5. The summed E-state index contributed by atoms with van der Waals surface area (Å²) in [5.74, 6) is 0.852. The first-order chi connectivity index (χ1) is 9.86. The third-order valence-corrected chi connectivity index (χ3v) is 6.87. The number of hydrogen-bond donors (Lipinski definition) is 1. The van der Waals surface area contributed by atoms with Crippen LogP contribution in [0.3, 0.4) is 0 Å². The van der Waals surface area contributed by atoms with E-state index in [4.69, 9.17) is 17.3 Å². The van der Waals surface area contributed by atoms with Gasteiger partial charge in [-0.15, -0.1) is 0 Å². The summed E-state index contributed by atoms with van der Waals surface area (Å²) in [7, 11) is -3.34. The zero-order valence-corrected chi connectivity index (χ0v) is 13.8. The van der Waals surface area contributed by atoms with Crippen LogP contribution in [0.15, 0.2) is 12.3 Å². The van der Waals surface area contributed by atoms with Gasteiger partial charge < -0.3 is 10.6 Å². The molecule has 1 aliphatic heterocycles. The second-order valence-corrected chi connectivity index (χ2v) is 8.57. The maximum absolute atomic E-state index is 12.5. The third kappa shape index (κ3) is 3.44. The van der Waals surface area contributed by atoms with Crippen LogP contribution in [0.4, 0.5) is 5.82 Å². The fraction of sp³-hybridized carbons (Fsp3) is 0.500.